The molecule has 1 amide bonds. The Hall–Kier alpha value is -3.15. The van der Waals surface area contributed by atoms with Crippen molar-refractivity contribution < 1.29 is 4.79 Å². The van der Waals surface area contributed by atoms with Crippen LogP contribution in [0.4, 0.5) is 11.5 Å². The predicted molar refractivity (Wildman–Crippen MR) is 101 cm³/mol. The first kappa shape index (κ1) is 16.7. The first-order valence-corrected chi connectivity index (χ1v) is 8.09. The Bertz CT molecular complexity index is 928. The molecule has 0 spiro atoms. The zero-order valence-corrected chi connectivity index (χ0v) is 14.6. The first-order chi connectivity index (χ1) is 12.0. The van der Waals surface area contributed by atoms with Crippen molar-refractivity contribution in [3.63, 3.8) is 0 Å². The van der Waals surface area contributed by atoms with Crippen LogP contribution in [-0.2, 0) is 4.79 Å². The van der Waals surface area contributed by atoms with E-state index in [1.54, 1.807) is 12.4 Å². The van der Waals surface area contributed by atoms with Crippen LogP contribution in [0.3, 0.4) is 0 Å². The minimum atomic E-state index is -0.238. The molecule has 6 nitrogen and oxygen atoms in total. The highest BCUT2D eigenvalue weighted by Crippen LogP contribution is 2.24. The largest absolute Gasteiger partial charge is 0.356 e. The normalized spacial score (nSPS) is 10.9. The van der Waals surface area contributed by atoms with Gasteiger partial charge in [-0.15, -0.1) is 0 Å². The Morgan fingerprint density at radius 2 is 2.12 bits per heavy atom. The molecule has 1 aromatic carbocycles. The summed E-state index contributed by atoms with van der Waals surface area (Å²) < 4.78 is 1.96. The van der Waals surface area contributed by atoms with Gasteiger partial charge >= 0.3 is 0 Å². The Morgan fingerprint density at radius 3 is 2.84 bits per heavy atom. The van der Waals surface area contributed by atoms with E-state index in [1.807, 2.05) is 42.1 Å². The smallest absolute Gasteiger partial charge is 0.247 e. The highest BCUT2D eigenvalue weighted by atomic mass is 16.1. The minimum Gasteiger partial charge on any atom is -0.356 e. The Labute approximate surface area is 146 Å². The fourth-order valence-electron chi connectivity index (χ4n) is 2.50. The van der Waals surface area contributed by atoms with Gasteiger partial charge in [-0.3, -0.25) is 14.3 Å². The molecule has 6 heteroatoms. The van der Waals surface area contributed by atoms with Crippen molar-refractivity contribution in [2.24, 2.45) is 0 Å². The molecule has 3 rings (SSSR count). The lowest BCUT2D eigenvalue weighted by molar-refractivity contribution is -0.111. The summed E-state index contributed by atoms with van der Waals surface area (Å²) in [6.45, 7) is 7.68. The monoisotopic (exact) mass is 335 g/mol. The average molecular weight is 335 g/mol. The summed E-state index contributed by atoms with van der Waals surface area (Å²) >= 11 is 0. The van der Waals surface area contributed by atoms with Gasteiger partial charge < -0.3 is 10.2 Å². The minimum absolute atomic E-state index is 0.238. The fourth-order valence-corrected chi connectivity index (χ4v) is 2.50. The highest BCUT2D eigenvalue weighted by molar-refractivity contribution is 6.00. The maximum Gasteiger partial charge on any atom is 0.247 e. The lowest BCUT2D eigenvalue weighted by Crippen LogP contribution is -2.26. The Morgan fingerprint density at radius 1 is 1.32 bits per heavy atom. The summed E-state index contributed by atoms with van der Waals surface area (Å²) in [5.74, 6) is 1.30. The van der Waals surface area contributed by atoms with Gasteiger partial charge in [-0.2, -0.15) is 0 Å². The molecule has 0 aliphatic rings. The van der Waals surface area contributed by atoms with Crippen LogP contribution in [0.5, 0.6) is 0 Å². The molecule has 2 heterocycles. The van der Waals surface area contributed by atoms with Gasteiger partial charge in [0, 0.05) is 30.4 Å². The molecule has 2 aromatic heterocycles. The summed E-state index contributed by atoms with van der Waals surface area (Å²) in [4.78, 5) is 22.6. The maximum atomic E-state index is 11.5. The number of hydrogen-bond acceptors (Lipinski definition) is 4. The van der Waals surface area contributed by atoms with Crippen LogP contribution in [-0.4, -0.2) is 33.5 Å². The van der Waals surface area contributed by atoms with Crippen LogP contribution in [0.1, 0.15) is 13.8 Å². The molecule has 0 fully saturated rings. The van der Waals surface area contributed by atoms with E-state index in [0.717, 1.165) is 22.5 Å². The molecule has 128 valence electrons. The third-order valence-electron chi connectivity index (χ3n) is 4.14. The van der Waals surface area contributed by atoms with E-state index in [-0.39, 0.29) is 5.91 Å². The van der Waals surface area contributed by atoms with Gasteiger partial charge in [0.05, 0.1) is 17.9 Å². The third kappa shape index (κ3) is 3.38. The molecular weight excluding hydrogens is 314 g/mol. The van der Waals surface area contributed by atoms with E-state index in [1.165, 1.54) is 6.08 Å². The molecule has 0 aliphatic carbocycles. The summed E-state index contributed by atoms with van der Waals surface area (Å²) in [6.07, 6.45) is 6.68. The number of hydrogen-bond donors (Lipinski definition) is 1. The van der Waals surface area contributed by atoms with Gasteiger partial charge in [0.25, 0.3) is 0 Å². The van der Waals surface area contributed by atoms with E-state index in [9.17, 15) is 4.79 Å². The summed E-state index contributed by atoms with van der Waals surface area (Å²) in [5, 5.41) is 3.84. The van der Waals surface area contributed by atoms with E-state index < -0.39 is 0 Å². The zero-order chi connectivity index (χ0) is 18.0. The van der Waals surface area contributed by atoms with Crippen LogP contribution in [0.15, 0.2) is 55.5 Å². The highest BCUT2D eigenvalue weighted by Gasteiger charge is 2.11. The van der Waals surface area contributed by atoms with Gasteiger partial charge in [-0.1, -0.05) is 12.6 Å². The third-order valence-corrected chi connectivity index (χ3v) is 4.14. The van der Waals surface area contributed by atoms with Crippen molar-refractivity contribution >= 4 is 28.3 Å². The molecule has 3 aromatic rings. The topological polar surface area (TPSA) is 63.1 Å². The molecule has 1 N–H and O–H groups in total. The van der Waals surface area contributed by atoms with Gasteiger partial charge in [-0.25, -0.2) is 4.98 Å². The number of amides is 1. The van der Waals surface area contributed by atoms with Crippen molar-refractivity contribution in [3.05, 3.63) is 55.5 Å². The lowest BCUT2D eigenvalue weighted by atomic mass is 10.2. The number of carbonyl (C=O) groups is 1. The second kappa shape index (κ2) is 6.76. The summed E-state index contributed by atoms with van der Waals surface area (Å²) in [6, 6.07) is 8.07. The molecule has 0 radical (unpaired) electrons. The lowest BCUT2D eigenvalue weighted by Gasteiger charge is -2.22. The van der Waals surface area contributed by atoms with Crippen LogP contribution in [0.25, 0.3) is 16.7 Å². The van der Waals surface area contributed by atoms with Crippen LogP contribution >= 0.6 is 0 Å². The van der Waals surface area contributed by atoms with Crippen molar-refractivity contribution in [2.75, 3.05) is 17.3 Å². The number of benzene rings is 1. The van der Waals surface area contributed by atoms with Gasteiger partial charge in [0.2, 0.25) is 5.91 Å². The Balaban J connectivity index is 2.04. The number of carbonyl (C=O) groups excluding carboxylic acids is 1. The number of aromatic nitrogens is 3. The van der Waals surface area contributed by atoms with E-state index in [4.69, 9.17) is 4.98 Å². The quantitative estimate of drug-likeness (QED) is 0.726. The van der Waals surface area contributed by atoms with Crippen LogP contribution in [0, 0.1) is 0 Å². The number of rotatable bonds is 5. The van der Waals surface area contributed by atoms with Crippen LogP contribution < -0.4 is 10.2 Å². The second-order valence-electron chi connectivity index (χ2n) is 6.09. The molecule has 0 saturated carbocycles. The molecule has 25 heavy (non-hydrogen) atoms. The summed E-state index contributed by atoms with van der Waals surface area (Å²) in [5.41, 5.74) is 1.65. The number of anilines is 2. The number of nitrogens with zero attached hydrogens (tertiary/aromatic N) is 4. The SMILES string of the molecule is C=CC(=O)Nc1ccc2ccn(-c3cncc(N(C)C(C)C)n3)c2c1. The zero-order valence-electron chi connectivity index (χ0n) is 14.6. The van der Waals surface area contributed by atoms with Gasteiger partial charge in [0.15, 0.2) is 5.82 Å². The average Bonchev–Trinajstić information content (AvgIpc) is 3.04. The standard InChI is InChI=1S/C19H21N5O/c1-5-19(25)21-15-7-6-14-8-9-24(16(14)10-15)18-12-20-11-17(22-18)23(4)13(2)3/h5-13H,1H2,2-4H3,(H,21,25). The summed E-state index contributed by atoms with van der Waals surface area (Å²) in [7, 11) is 2.00. The first-order valence-electron chi connectivity index (χ1n) is 8.09. The van der Waals surface area contributed by atoms with Crippen LogP contribution in [0.2, 0.25) is 0 Å². The molecule has 0 saturated heterocycles. The molecule has 0 atom stereocenters. The molecule has 0 unspecified atom stereocenters. The number of fused-ring (bicyclic) bond motifs is 1. The Kier molecular flexibility index (Phi) is 4.52. The molecular formula is C19H21N5O. The fraction of sp³-hybridized carbons (Fsp3) is 0.211. The van der Waals surface area contributed by atoms with Crippen molar-refractivity contribution in [1.82, 2.24) is 14.5 Å². The molecule has 0 bridgehead atoms. The van der Waals surface area contributed by atoms with E-state index >= 15 is 0 Å². The van der Waals surface area contributed by atoms with E-state index in [2.05, 4.69) is 35.6 Å². The van der Waals surface area contributed by atoms with Gasteiger partial charge in [-0.05, 0) is 38.1 Å². The van der Waals surface area contributed by atoms with Gasteiger partial charge in [0.1, 0.15) is 5.82 Å². The molecule has 0 aliphatic heterocycles. The van der Waals surface area contributed by atoms with Crippen molar-refractivity contribution in [2.45, 2.75) is 19.9 Å². The second-order valence-corrected chi connectivity index (χ2v) is 6.09. The van der Waals surface area contributed by atoms with E-state index in [0.29, 0.717) is 11.7 Å². The van der Waals surface area contributed by atoms with Crippen molar-refractivity contribution in [1.29, 1.82) is 0 Å². The predicted octanol–water partition coefficient (Wildman–Crippen LogP) is 3.39. The van der Waals surface area contributed by atoms with Crippen molar-refractivity contribution in [3.8, 4) is 5.82 Å². The maximum absolute atomic E-state index is 11.5. The number of nitrogens with one attached hydrogen (secondary N) is 1.